The van der Waals surface area contributed by atoms with E-state index in [1.807, 2.05) is 12.1 Å². The van der Waals surface area contributed by atoms with E-state index < -0.39 is 0 Å². The van der Waals surface area contributed by atoms with Crippen LogP contribution in [0, 0.1) is 11.3 Å². The van der Waals surface area contributed by atoms with Crippen molar-refractivity contribution in [3.05, 3.63) is 29.6 Å². The lowest BCUT2D eigenvalue weighted by molar-refractivity contribution is 0.139. The average molecular weight is 231 g/mol. The fourth-order valence-corrected chi connectivity index (χ4v) is 1.91. The smallest absolute Gasteiger partial charge is 0.140 e. The molecule has 0 aliphatic heterocycles. The van der Waals surface area contributed by atoms with Gasteiger partial charge < -0.3 is 4.74 Å². The van der Waals surface area contributed by atoms with Crippen LogP contribution in [0.2, 0.25) is 0 Å². The molecule has 1 aliphatic carbocycles. The maximum absolute atomic E-state index is 8.81. The topological polar surface area (TPSA) is 49.1 Å². The van der Waals surface area contributed by atoms with Crippen LogP contribution >= 0.6 is 0 Å². The number of nitriles is 1. The van der Waals surface area contributed by atoms with E-state index in [-0.39, 0.29) is 0 Å². The lowest BCUT2D eigenvalue weighted by atomic mass is 10.2. The summed E-state index contributed by atoms with van der Waals surface area (Å²) in [6.45, 7) is 2.59. The van der Waals surface area contributed by atoms with E-state index in [2.05, 4.69) is 16.0 Å². The van der Waals surface area contributed by atoms with Crippen molar-refractivity contribution < 1.29 is 4.74 Å². The number of hydrogen-bond acceptors (Lipinski definition) is 4. The van der Waals surface area contributed by atoms with Crippen LogP contribution in [0.4, 0.5) is 0 Å². The average Bonchev–Trinajstić information content (AvgIpc) is 3.19. The fraction of sp³-hybridized carbons (Fsp3) is 0.538. The van der Waals surface area contributed by atoms with Crippen molar-refractivity contribution in [2.24, 2.45) is 0 Å². The van der Waals surface area contributed by atoms with Gasteiger partial charge in [0.05, 0.1) is 6.61 Å². The van der Waals surface area contributed by atoms with Gasteiger partial charge in [0.1, 0.15) is 11.8 Å². The van der Waals surface area contributed by atoms with Crippen molar-refractivity contribution in [1.82, 2.24) is 9.88 Å². The highest BCUT2D eigenvalue weighted by molar-refractivity contribution is 5.25. The summed E-state index contributed by atoms with van der Waals surface area (Å²) in [7, 11) is 1.73. The minimum atomic E-state index is 0.491. The molecule has 1 saturated carbocycles. The van der Waals surface area contributed by atoms with Gasteiger partial charge in [0.2, 0.25) is 0 Å². The third kappa shape index (κ3) is 3.52. The molecule has 0 aromatic carbocycles. The minimum Gasteiger partial charge on any atom is -0.383 e. The zero-order valence-electron chi connectivity index (χ0n) is 10.1. The number of hydrogen-bond donors (Lipinski definition) is 0. The predicted octanol–water partition coefficient (Wildman–Crippen LogP) is 1.56. The molecular weight excluding hydrogens is 214 g/mol. The summed E-state index contributed by atoms with van der Waals surface area (Å²) < 4.78 is 5.13. The maximum atomic E-state index is 8.81. The van der Waals surface area contributed by atoms with Crippen LogP contribution in [0.1, 0.15) is 24.1 Å². The summed E-state index contributed by atoms with van der Waals surface area (Å²) in [6, 6.07) is 6.61. The van der Waals surface area contributed by atoms with Crippen molar-refractivity contribution in [1.29, 1.82) is 5.26 Å². The minimum absolute atomic E-state index is 0.491. The third-order valence-electron chi connectivity index (χ3n) is 2.97. The SMILES string of the molecule is COCCN(Cc1ccnc(C#N)c1)C1CC1. The monoisotopic (exact) mass is 231 g/mol. The molecule has 1 aromatic heterocycles. The van der Waals surface area contributed by atoms with Crippen molar-refractivity contribution in [3.63, 3.8) is 0 Å². The van der Waals surface area contributed by atoms with E-state index in [1.54, 1.807) is 13.3 Å². The van der Waals surface area contributed by atoms with E-state index in [0.717, 1.165) is 25.3 Å². The van der Waals surface area contributed by atoms with Gasteiger partial charge in [-0.05, 0) is 30.5 Å². The molecule has 0 atom stereocenters. The Kier molecular flexibility index (Phi) is 4.08. The highest BCUT2D eigenvalue weighted by atomic mass is 16.5. The fourth-order valence-electron chi connectivity index (χ4n) is 1.91. The van der Waals surface area contributed by atoms with Crippen LogP contribution in [0.5, 0.6) is 0 Å². The quantitative estimate of drug-likeness (QED) is 0.745. The molecule has 0 radical (unpaired) electrons. The van der Waals surface area contributed by atoms with Crippen LogP contribution in [0.25, 0.3) is 0 Å². The summed E-state index contributed by atoms with van der Waals surface area (Å²) in [5.74, 6) is 0. The van der Waals surface area contributed by atoms with Gasteiger partial charge in [-0.1, -0.05) is 0 Å². The predicted molar refractivity (Wildman–Crippen MR) is 64.3 cm³/mol. The van der Waals surface area contributed by atoms with Crippen LogP contribution in [-0.4, -0.2) is 36.2 Å². The highest BCUT2D eigenvalue weighted by Crippen LogP contribution is 2.27. The maximum Gasteiger partial charge on any atom is 0.140 e. The molecule has 0 unspecified atom stereocenters. The number of pyridine rings is 1. The first-order valence-corrected chi connectivity index (χ1v) is 5.91. The zero-order valence-corrected chi connectivity index (χ0v) is 10.1. The molecule has 0 spiro atoms. The molecule has 0 amide bonds. The van der Waals surface area contributed by atoms with Gasteiger partial charge in [-0.15, -0.1) is 0 Å². The Hall–Kier alpha value is -1.44. The lowest BCUT2D eigenvalue weighted by Crippen LogP contribution is -2.29. The summed E-state index contributed by atoms with van der Waals surface area (Å²) in [5.41, 5.74) is 1.64. The van der Waals surface area contributed by atoms with Gasteiger partial charge in [-0.3, -0.25) is 4.90 Å². The molecule has 90 valence electrons. The van der Waals surface area contributed by atoms with E-state index in [1.165, 1.54) is 12.8 Å². The molecule has 1 fully saturated rings. The lowest BCUT2D eigenvalue weighted by Gasteiger charge is -2.21. The molecule has 17 heavy (non-hydrogen) atoms. The van der Waals surface area contributed by atoms with Crippen LogP contribution in [0.15, 0.2) is 18.3 Å². The van der Waals surface area contributed by atoms with Crippen LogP contribution < -0.4 is 0 Å². The zero-order chi connectivity index (χ0) is 12.1. The van der Waals surface area contributed by atoms with E-state index in [9.17, 15) is 0 Å². The van der Waals surface area contributed by atoms with Gasteiger partial charge in [0.25, 0.3) is 0 Å². The van der Waals surface area contributed by atoms with E-state index in [0.29, 0.717) is 11.7 Å². The second-order valence-corrected chi connectivity index (χ2v) is 4.36. The molecule has 4 heteroatoms. The number of methoxy groups -OCH3 is 1. The van der Waals surface area contributed by atoms with E-state index in [4.69, 9.17) is 10.00 Å². The number of rotatable bonds is 6. The molecule has 0 saturated heterocycles. The molecule has 4 nitrogen and oxygen atoms in total. The van der Waals surface area contributed by atoms with Crippen LogP contribution in [-0.2, 0) is 11.3 Å². The molecule has 0 N–H and O–H groups in total. The Bertz CT molecular complexity index is 409. The first kappa shape index (κ1) is 12.0. The highest BCUT2D eigenvalue weighted by Gasteiger charge is 2.28. The first-order chi connectivity index (χ1) is 8.33. The number of ether oxygens (including phenoxy) is 1. The Morgan fingerprint density at radius 3 is 3.06 bits per heavy atom. The van der Waals surface area contributed by atoms with Crippen molar-refractivity contribution in [2.45, 2.75) is 25.4 Å². The Morgan fingerprint density at radius 2 is 2.41 bits per heavy atom. The second-order valence-electron chi connectivity index (χ2n) is 4.36. The first-order valence-electron chi connectivity index (χ1n) is 5.91. The normalized spacial score (nSPS) is 14.9. The van der Waals surface area contributed by atoms with Gasteiger partial charge in [0.15, 0.2) is 0 Å². The van der Waals surface area contributed by atoms with Gasteiger partial charge in [0, 0.05) is 32.4 Å². The summed E-state index contributed by atoms with van der Waals surface area (Å²) >= 11 is 0. The van der Waals surface area contributed by atoms with Crippen LogP contribution in [0.3, 0.4) is 0 Å². The molecule has 0 bridgehead atoms. The molecule has 1 aliphatic rings. The Morgan fingerprint density at radius 1 is 1.59 bits per heavy atom. The van der Waals surface area contributed by atoms with Gasteiger partial charge in [-0.25, -0.2) is 4.98 Å². The number of aromatic nitrogens is 1. The standard InChI is InChI=1S/C13H17N3O/c1-17-7-6-16(13-2-3-13)10-11-4-5-15-12(8-11)9-14/h4-5,8,13H,2-3,6-7,10H2,1H3. The van der Waals surface area contributed by atoms with Gasteiger partial charge >= 0.3 is 0 Å². The van der Waals surface area contributed by atoms with Crippen molar-refractivity contribution in [2.75, 3.05) is 20.3 Å². The summed E-state index contributed by atoms with van der Waals surface area (Å²) in [5, 5.41) is 8.81. The largest absolute Gasteiger partial charge is 0.383 e. The number of nitrogens with zero attached hydrogens (tertiary/aromatic N) is 3. The summed E-state index contributed by atoms with van der Waals surface area (Å²) in [6.07, 6.45) is 4.26. The van der Waals surface area contributed by atoms with E-state index >= 15 is 0 Å². The third-order valence-corrected chi connectivity index (χ3v) is 2.97. The molecular formula is C13H17N3O. The Balaban J connectivity index is 1.98. The van der Waals surface area contributed by atoms with Crippen molar-refractivity contribution >= 4 is 0 Å². The van der Waals surface area contributed by atoms with Gasteiger partial charge in [-0.2, -0.15) is 5.26 Å². The molecule has 1 aromatic rings. The molecule has 2 rings (SSSR count). The Labute approximate surface area is 102 Å². The van der Waals surface area contributed by atoms with Crippen molar-refractivity contribution in [3.8, 4) is 6.07 Å². The summed E-state index contributed by atoms with van der Waals surface area (Å²) in [4.78, 5) is 6.40. The second kappa shape index (κ2) is 5.76. The molecule has 1 heterocycles.